The fourth-order valence-corrected chi connectivity index (χ4v) is 2.76. The lowest BCUT2D eigenvalue weighted by Crippen LogP contribution is -2.31. The number of imidazole rings is 1. The summed E-state index contributed by atoms with van der Waals surface area (Å²) in [7, 11) is 1.96. The summed E-state index contributed by atoms with van der Waals surface area (Å²) in [5.74, 6) is 0.906. The van der Waals surface area contributed by atoms with E-state index >= 15 is 0 Å². The number of carbonyl (C=O) groups excluding carboxylic acids is 1. The second kappa shape index (κ2) is 5.76. The van der Waals surface area contributed by atoms with Gasteiger partial charge in [-0.3, -0.25) is 4.79 Å². The van der Waals surface area contributed by atoms with Crippen molar-refractivity contribution >= 4 is 5.91 Å². The van der Waals surface area contributed by atoms with Gasteiger partial charge < -0.3 is 14.5 Å². The number of nitrogens with zero attached hydrogens (tertiary/aromatic N) is 3. The number of hydrogen-bond acceptors (Lipinski definition) is 2. The SMILES string of the molecule is CCCC(NC(=O)c1cccn1C1CC1)c1nccn1C. The molecule has 1 aliphatic rings. The van der Waals surface area contributed by atoms with E-state index in [9.17, 15) is 4.79 Å². The summed E-state index contributed by atoms with van der Waals surface area (Å²) in [6.45, 7) is 2.12. The third-order valence-electron chi connectivity index (χ3n) is 4.00. The first-order valence-electron chi connectivity index (χ1n) is 7.65. The Kier molecular flexibility index (Phi) is 3.82. The Bertz CT molecular complexity index is 624. The van der Waals surface area contributed by atoms with Crippen molar-refractivity contribution in [3.63, 3.8) is 0 Å². The minimum absolute atomic E-state index is 0.00616. The Morgan fingerprint density at radius 2 is 2.29 bits per heavy atom. The van der Waals surface area contributed by atoms with Gasteiger partial charge in [-0.05, 0) is 31.4 Å². The molecule has 3 rings (SSSR count). The number of aryl methyl sites for hydroxylation is 1. The molecule has 1 fully saturated rings. The first kappa shape index (κ1) is 13.9. The van der Waals surface area contributed by atoms with E-state index in [1.165, 1.54) is 12.8 Å². The molecule has 0 aromatic carbocycles. The van der Waals surface area contributed by atoms with Crippen molar-refractivity contribution in [2.24, 2.45) is 7.05 Å². The van der Waals surface area contributed by atoms with E-state index in [1.807, 2.05) is 36.1 Å². The fourth-order valence-electron chi connectivity index (χ4n) is 2.76. The Morgan fingerprint density at radius 3 is 2.90 bits per heavy atom. The van der Waals surface area contributed by atoms with Gasteiger partial charge in [0.05, 0.1) is 6.04 Å². The maximum Gasteiger partial charge on any atom is 0.268 e. The molecule has 21 heavy (non-hydrogen) atoms. The van der Waals surface area contributed by atoms with Crippen LogP contribution in [0.4, 0.5) is 0 Å². The lowest BCUT2D eigenvalue weighted by molar-refractivity contribution is 0.0922. The van der Waals surface area contributed by atoms with Crippen LogP contribution in [0.25, 0.3) is 0 Å². The second-order valence-electron chi connectivity index (χ2n) is 5.74. The minimum atomic E-state index is -0.0370. The third-order valence-corrected chi connectivity index (χ3v) is 4.00. The highest BCUT2D eigenvalue weighted by Crippen LogP contribution is 2.36. The van der Waals surface area contributed by atoms with Crippen LogP contribution < -0.4 is 5.32 Å². The summed E-state index contributed by atoms with van der Waals surface area (Å²) >= 11 is 0. The normalized spacial score (nSPS) is 15.9. The van der Waals surface area contributed by atoms with Gasteiger partial charge in [-0.2, -0.15) is 0 Å². The molecule has 0 radical (unpaired) electrons. The zero-order valence-electron chi connectivity index (χ0n) is 12.6. The van der Waals surface area contributed by atoms with Gasteiger partial charge >= 0.3 is 0 Å². The van der Waals surface area contributed by atoms with Crippen LogP contribution in [0.3, 0.4) is 0 Å². The van der Waals surface area contributed by atoms with Gasteiger partial charge in [0.25, 0.3) is 5.91 Å². The first-order chi connectivity index (χ1) is 10.2. The van der Waals surface area contributed by atoms with Crippen molar-refractivity contribution in [2.75, 3.05) is 0 Å². The molecule has 1 unspecified atom stereocenters. The number of amides is 1. The van der Waals surface area contributed by atoms with Crippen molar-refractivity contribution in [2.45, 2.75) is 44.7 Å². The summed E-state index contributed by atoms with van der Waals surface area (Å²) in [6.07, 6.45) is 9.93. The molecule has 1 atom stereocenters. The third kappa shape index (κ3) is 2.86. The van der Waals surface area contributed by atoms with Crippen molar-refractivity contribution in [1.29, 1.82) is 0 Å². The topological polar surface area (TPSA) is 51.9 Å². The van der Waals surface area contributed by atoms with Crippen molar-refractivity contribution in [3.8, 4) is 0 Å². The van der Waals surface area contributed by atoms with Crippen molar-refractivity contribution in [1.82, 2.24) is 19.4 Å². The van der Waals surface area contributed by atoms with Gasteiger partial charge in [0, 0.05) is 31.7 Å². The van der Waals surface area contributed by atoms with Crippen LogP contribution in [-0.2, 0) is 7.05 Å². The fraction of sp³-hybridized carbons (Fsp3) is 0.500. The molecule has 2 aromatic rings. The van der Waals surface area contributed by atoms with Crippen LogP contribution in [0.2, 0.25) is 0 Å². The van der Waals surface area contributed by atoms with Crippen LogP contribution in [0, 0.1) is 0 Å². The predicted octanol–water partition coefficient (Wildman–Crippen LogP) is 2.83. The molecule has 112 valence electrons. The quantitative estimate of drug-likeness (QED) is 0.887. The monoisotopic (exact) mass is 286 g/mol. The smallest absolute Gasteiger partial charge is 0.268 e. The second-order valence-corrected chi connectivity index (χ2v) is 5.74. The van der Waals surface area contributed by atoms with Crippen molar-refractivity contribution < 1.29 is 4.79 Å². The molecule has 0 aliphatic heterocycles. The Hall–Kier alpha value is -2.04. The van der Waals surface area contributed by atoms with E-state index in [1.54, 1.807) is 6.20 Å². The molecule has 1 aliphatic carbocycles. The summed E-state index contributed by atoms with van der Waals surface area (Å²) < 4.78 is 4.07. The van der Waals surface area contributed by atoms with Crippen LogP contribution in [-0.4, -0.2) is 20.0 Å². The average molecular weight is 286 g/mol. The molecule has 1 N–H and O–H groups in total. The Morgan fingerprint density at radius 1 is 1.48 bits per heavy atom. The molecule has 0 spiro atoms. The number of carbonyl (C=O) groups is 1. The van der Waals surface area contributed by atoms with E-state index < -0.39 is 0 Å². The summed E-state index contributed by atoms with van der Waals surface area (Å²) in [5, 5.41) is 3.14. The van der Waals surface area contributed by atoms with Crippen LogP contribution in [0.15, 0.2) is 30.7 Å². The van der Waals surface area contributed by atoms with E-state index in [4.69, 9.17) is 0 Å². The Labute approximate surface area is 125 Å². The summed E-state index contributed by atoms with van der Waals surface area (Å²) in [5.41, 5.74) is 0.757. The minimum Gasteiger partial charge on any atom is -0.341 e. The first-order valence-corrected chi connectivity index (χ1v) is 7.65. The maximum atomic E-state index is 12.6. The molecule has 5 heteroatoms. The van der Waals surface area contributed by atoms with E-state index in [-0.39, 0.29) is 11.9 Å². The van der Waals surface area contributed by atoms with Gasteiger partial charge in [-0.15, -0.1) is 0 Å². The lowest BCUT2D eigenvalue weighted by atomic mass is 10.1. The summed E-state index contributed by atoms with van der Waals surface area (Å²) in [4.78, 5) is 17.0. The molecule has 1 saturated carbocycles. The van der Waals surface area contributed by atoms with Gasteiger partial charge in [-0.1, -0.05) is 13.3 Å². The number of aromatic nitrogens is 3. The molecule has 1 amide bonds. The number of hydrogen-bond donors (Lipinski definition) is 1. The van der Waals surface area contributed by atoms with Gasteiger partial charge in [0.2, 0.25) is 0 Å². The van der Waals surface area contributed by atoms with E-state index in [2.05, 4.69) is 21.8 Å². The molecule has 0 bridgehead atoms. The van der Waals surface area contributed by atoms with Crippen LogP contribution in [0.1, 0.15) is 61.0 Å². The van der Waals surface area contributed by atoms with Gasteiger partial charge in [0.15, 0.2) is 0 Å². The highest BCUT2D eigenvalue weighted by Gasteiger charge is 2.27. The van der Waals surface area contributed by atoms with E-state index in [0.29, 0.717) is 6.04 Å². The zero-order chi connectivity index (χ0) is 14.8. The largest absolute Gasteiger partial charge is 0.341 e. The molecular formula is C16H22N4O. The molecule has 2 heterocycles. The zero-order valence-corrected chi connectivity index (χ0v) is 12.6. The Balaban J connectivity index is 1.77. The predicted molar refractivity (Wildman–Crippen MR) is 81.0 cm³/mol. The van der Waals surface area contributed by atoms with Crippen molar-refractivity contribution in [3.05, 3.63) is 42.2 Å². The van der Waals surface area contributed by atoms with Crippen LogP contribution >= 0.6 is 0 Å². The standard InChI is InChI=1S/C16H22N4O/c1-3-5-13(15-17-9-11-19(15)2)18-16(21)14-6-4-10-20(14)12-7-8-12/h4,6,9-13H,3,5,7-8H2,1-2H3,(H,18,21). The highest BCUT2D eigenvalue weighted by atomic mass is 16.2. The molecule has 2 aromatic heterocycles. The molecular weight excluding hydrogens is 264 g/mol. The van der Waals surface area contributed by atoms with Gasteiger partial charge in [0.1, 0.15) is 11.5 Å². The van der Waals surface area contributed by atoms with Gasteiger partial charge in [-0.25, -0.2) is 4.98 Å². The number of rotatable bonds is 6. The number of nitrogens with one attached hydrogen (secondary N) is 1. The highest BCUT2D eigenvalue weighted by molar-refractivity contribution is 5.93. The molecule has 5 nitrogen and oxygen atoms in total. The average Bonchev–Trinajstić information content (AvgIpc) is 3.03. The maximum absolute atomic E-state index is 12.6. The van der Waals surface area contributed by atoms with Crippen LogP contribution in [0.5, 0.6) is 0 Å². The van der Waals surface area contributed by atoms with E-state index in [0.717, 1.165) is 24.4 Å². The lowest BCUT2D eigenvalue weighted by Gasteiger charge is -2.18. The summed E-state index contributed by atoms with van der Waals surface area (Å²) in [6, 6.07) is 4.32. The molecule has 0 saturated heterocycles.